The van der Waals surface area contributed by atoms with Gasteiger partial charge in [-0.25, -0.2) is 0 Å². The largest absolute Gasteiger partial charge is 0.493 e. The first-order valence-electron chi connectivity index (χ1n) is 9.40. The van der Waals surface area contributed by atoms with Crippen LogP contribution in [0.3, 0.4) is 0 Å². The number of hydrogen-bond donors (Lipinski definition) is 0. The second-order valence-electron chi connectivity index (χ2n) is 6.91. The number of methoxy groups -OCH3 is 2. The Balaban J connectivity index is 1.56. The van der Waals surface area contributed by atoms with Gasteiger partial charge in [-0.1, -0.05) is 12.1 Å². The minimum atomic E-state index is 0.0931. The zero-order chi connectivity index (χ0) is 19.5. The van der Waals surface area contributed by atoms with Gasteiger partial charge in [0, 0.05) is 24.0 Å². The Labute approximate surface area is 164 Å². The number of hydrogen-bond acceptors (Lipinski definition) is 7. The molecule has 0 amide bonds. The number of benzene rings is 1. The SMILES string of the molecule is COc1cccc(CN2CCC[C@@H]2c2nnc(-c3ccc(C)nc3)o2)c1OC. The predicted molar refractivity (Wildman–Crippen MR) is 104 cm³/mol. The van der Waals surface area contributed by atoms with Gasteiger partial charge in [0.05, 0.1) is 25.8 Å². The average Bonchev–Trinajstić information content (AvgIpc) is 3.37. The van der Waals surface area contributed by atoms with Crippen LogP contribution in [0.2, 0.25) is 0 Å². The fourth-order valence-electron chi connectivity index (χ4n) is 3.67. The molecule has 7 nitrogen and oxygen atoms in total. The van der Waals surface area contributed by atoms with Gasteiger partial charge in [0.2, 0.25) is 11.8 Å². The number of aryl methyl sites for hydroxylation is 1. The van der Waals surface area contributed by atoms with Crippen molar-refractivity contribution in [2.24, 2.45) is 0 Å². The Kier molecular flexibility index (Phi) is 5.25. The van der Waals surface area contributed by atoms with E-state index in [1.807, 2.05) is 31.2 Å². The van der Waals surface area contributed by atoms with Gasteiger partial charge in [0.1, 0.15) is 0 Å². The van der Waals surface area contributed by atoms with Gasteiger partial charge in [-0.15, -0.1) is 10.2 Å². The van der Waals surface area contributed by atoms with Crippen molar-refractivity contribution in [2.45, 2.75) is 32.4 Å². The Hall–Kier alpha value is -2.93. The lowest BCUT2D eigenvalue weighted by molar-refractivity contribution is 0.212. The van der Waals surface area contributed by atoms with Crippen LogP contribution in [0.4, 0.5) is 0 Å². The van der Waals surface area contributed by atoms with E-state index in [-0.39, 0.29) is 6.04 Å². The van der Waals surface area contributed by atoms with Crippen LogP contribution in [0.15, 0.2) is 40.9 Å². The third kappa shape index (κ3) is 3.57. The zero-order valence-corrected chi connectivity index (χ0v) is 16.4. The Bertz CT molecular complexity index is 939. The van der Waals surface area contributed by atoms with Crippen molar-refractivity contribution < 1.29 is 13.9 Å². The molecule has 0 spiro atoms. The molecule has 0 N–H and O–H groups in total. The molecule has 3 heterocycles. The third-order valence-electron chi connectivity index (χ3n) is 5.11. The molecule has 0 bridgehead atoms. The molecule has 146 valence electrons. The monoisotopic (exact) mass is 380 g/mol. The zero-order valence-electron chi connectivity index (χ0n) is 16.4. The van der Waals surface area contributed by atoms with E-state index >= 15 is 0 Å². The van der Waals surface area contributed by atoms with Gasteiger partial charge in [-0.2, -0.15) is 0 Å². The molecule has 2 aromatic heterocycles. The molecule has 1 aliphatic rings. The number of ether oxygens (including phenoxy) is 2. The maximum absolute atomic E-state index is 6.00. The quantitative estimate of drug-likeness (QED) is 0.644. The highest BCUT2D eigenvalue weighted by molar-refractivity contribution is 5.50. The minimum Gasteiger partial charge on any atom is -0.493 e. The second-order valence-corrected chi connectivity index (χ2v) is 6.91. The van der Waals surface area contributed by atoms with E-state index in [9.17, 15) is 0 Å². The Morgan fingerprint density at radius 3 is 2.79 bits per heavy atom. The predicted octanol–water partition coefficient (Wildman–Crippen LogP) is 3.79. The molecule has 1 saturated heterocycles. The smallest absolute Gasteiger partial charge is 0.249 e. The van der Waals surface area contributed by atoms with Crippen molar-refractivity contribution in [2.75, 3.05) is 20.8 Å². The van der Waals surface area contributed by atoms with Crippen LogP contribution >= 0.6 is 0 Å². The summed E-state index contributed by atoms with van der Waals surface area (Å²) in [6, 6.07) is 9.94. The van der Waals surface area contributed by atoms with Crippen LogP contribution in [-0.2, 0) is 6.54 Å². The van der Waals surface area contributed by atoms with Gasteiger partial charge in [0.15, 0.2) is 11.5 Å². The lowest BCUT2D eigenvalue weighted by atomic mass is 10.1. The van der Waals surface area contributed by atoms with Crippen LogP contribution in [0.25, 0.3) is 11.5 Å². The van der Waals surface area contributed by atoms with E-state index in [4.69, 9.17) is 13.9 Å². The van der Waals surface area contributed by atoms with Crippen LogP contribution in [-0.4, -0.2) is 40.8 Å². The second kappa shape index (κ2) is 7.98. The van der Waals surface area contributed by atoms with Crippen LogP contribution in [0, 0.1) is 6.92 Å². The summed E-state index contributed by atoms with van der Waals surface area (Å²) in [6.07, 6.45) is 3.83. The lowest BCUT2D eigenvalue weighted by Crippen LogP contribution is -2.23. The summed E-state index contributed by atoms with van der Waals surface area (Å²) in [5, 5.41) is 8.56. The van der Waals surface area contributed by atoms with E-state index in [1.165, 1.54) is 0 Å². The molecule has 1 fully saturated rings. The molecule has 3 aromatic rings. The summed E-state index contributed by atoms with van der Waals surface area (Å²) in [5.41, 5.74) is 2.87. The first kappa shape index (κ1) is 18.4. The van der Waals surface area contributed by atoms with Gasteiger partial charge in [-0.05, 0) is 44.5 Å². The van der Waals surface area contributed by atoms with E-state index in [1.54, 1.807) is 20.4 Å². The Morgan fingerprint density at radius 2 is 2.04 bits per heavy atom. The van der Waals surface area contributed by atoms with Crippen molar-refractivity contribution in [3.8, 4) is 23.0 Å². The molecular formula is C21H24N4O3. The third-order valence-corrected chi connectivity index (χ3v) is 5.11. The number of pyridine rings is 1. The van der Waals surface area contributed by atoms with Crippen molar-refractivity contribution >= 4 is 0 Å². The summed E-state index contributed by atoms with van der Waals surface area (Å²) < 4.78 is 17.0. The summed E-state index contributed by atoms with van der Waals surface area (Å²) in [7, 11) is 3.32. The Morgan fingerprint density at radius 1 is 1.14 bits per heavy atom. The minimum absolute atomic E-state index is 0.0931. The first-order valence-corrected chi connectivity index (χ1v) is 9.40. The van der Waals surface area contributed by atoms with Gasteiger partial charge < -0.3 is 13.9 Å². The highest BCUT2D eigenvalue weighted by Gasteiger charge is 2.31. The molecule has 28 heavy (non-hydrogen) atoms. The number of nitrogens with zero attached hydrogens (tertiary/aromatic N) is 4. The summed E-state index contributed by atoms with van der Waals surface area (Å²) in [6.45, 7) is 3.65. The number of likely N-dealkylation sites (tertiary alicyclic amines) is 1. The summed E-state index contributed by atoms with van der Waals surface area (Å²) in [4.78, 5) is 6.65. The molecule has 4 rings (SSSR count). The average molecular weight is 380 g/mol. The summed E-state index contributed by atoms with van der Waals surface area (Å²) >= 11 is 0. The van der Waals surface area contributed by atoms with E-state index in [2.05, 4.69) is 26.1 Å². The van der Waals surface area contributed by atoms with E-state index in [0.717, 1.165) is 54.3 Å². The maximum Gasteiger partial charge on any atom is 0.249 e. The highest BCUT2D eigenvalue weighted by atomic mass is 16.5. The molecule has 1 aliphatic heterocycles. The molecule has 0 unspecified atom stereocenters. The fraction of sp³-hybridized carbons (Fsp3) is 0.381. The van der Waals surface area contributed by atoms with Crippen LogP contribution < -0.4 is 9.47 Å². The first-order chi connectivity index (χ1) is 13.7. The fourth-order valence-corrected chi connectivity index (χ4v) is 3.67. The summed E-state index contributed by atoms with van der Waals surface area (Å²) in [5.74, 6) is 2.67. The topological polar surface area (TPSA) is 73.5 Å². The van der Waals surface area contributed by atoms with Gasteiger partial charge >= 0.3 is 0 Å². The van der Waals surface area contributed by atoms with E-state index < -0.39 is 0 Å². The van der Waals surface area contributed by atoms with Crippen molar-refractivity contribution in [1.29, 1.82) is 0 Å². The standard InChI is InChI=1S/C21H24N4O3/c1-14-9-10-15(12-22-14)20-23-24-21(28-20)17-7-5-11-25(17)13-16-6-4-8-18(26-2)19(16)27-3/h4,6,8-10,12,17H,5,7,11,13H2,1-3H3/t17-/m1/s1. The number of rotatable bonds is 6. The van der Waals surface area contributed by atoms with Crippen molar-refractivity contribution in [3.05, 3.63) is 53.7 Å². The molecule has 1 aromatic carbocycles. The molecule has 7 heteroatoms. The van der Waals surface area contributed by atoms with Crippen LogP contribution in [0.1, 0.15) is 36.0 Å². The van der Waals surface area contributed by atoms with Crippen LogP contribution in [0.5, 0.6) is 11.5 Å². The molecule has 0 saturated carbocycles. The maximum atomic E-state index is 6.00. The molecule has 0 radical (unpaired) electrons. The molecule has 1 atom stereocenters. The number of aromatic nitrogens is 3. The molecular weight excluding hydrogens is 356 g/mol. The van der Waals surface area contributed by atoms with E-state index in [0.29, 0.717) is 11.8 Å². The van der Waals surface area contributed by atoms with Crippen molar-refractivity contribution in [3.63, 3.8) is 0 Å². The lowest BCUT2D eigenvalue weighted by Gasteiger charge is -2.23. The van der Waals surface area contributed by atoms with Gasteiger partial charge in [-0.3, -0.25) is 9.88 Å². The van der Waals surface area contributed by atoms with Gasteiger partial charge in [0.25, 0.3) is 0 Å². The highest BCUT2D eigenvalue weighted by Crippen LogP contribution is 2.37. The normalized spacial score (nSPS) is 17.0. The van der Waals surface area contributed by atoms with Crippen molar-refractivity contribution in [1.82, 2.24) is 20.1 Å². The molecule has 0 aliphatic carbocycles. The number of para-hydroxylation sites is 1.